The van der Waals surface area contributed by atoms with E-state index in [-0.39, 0.29) is 0 Å². The van der Waals surface area contributed by atoms with Gasteiger partial charge in [0.2, 0.25) is 0 Å². The zero-order valence-corrected chi connectivity index (χ0v) is 9.84. The molecular formula is C11H12OS2. The Labute approximate surface area is 91.8 Å². The highest BCUT2D eigenvalue weighted by molar-refractivity contribution is 7.99. The number of thiophene rings is 1. The SMILES string of the molecule is CCc1c(O)cc2ccsc2c1SC. The van der Waals surface area contributed by atoms with Crippen LogP contribution in [-0.4, -0.2) is 11.4 Å². The van der Waals surface area contributed by atoms with Gasteiger partial charge in [-0.05, 0) is 35.6 Å². The molecule has 2 rings (SSSR count). The van der Waals surface area contributed by atoms with Crippen LogP contribution in [0.3, 0.4) is 0 Å². The number of fused-ring (bicyclic) bond motifs is 1. The van der Waals surface area contributed by atoms with E-state index in [9.17, 15) is 5.11 Å². The zero-order valence-electron chi connectivity index (χ0n) is 8.20. The van der Waals surface area contributed by atoms with E-state index >= 15 is 0 Å². The van der Waals surface area contributed by atoms with Gasteiger partial charge in [-0.15, -0.1) is 23.1 Å². The first-order chi connectivity index (χ1) is 6.77. The van der Waals surface area contributed by atoms with E-state index in [1.165, 1.54) is 9.60 Å². The smallest absolute Gasteiger partial charge is 0.120 e. The Morgan fingerprint density at radius 1 is 1.50 bits per heavy atom. The molecule has 0 amide bonds. The molecular weight excluding hydrogens is 212 g/mol. The molecule has 0 unspecified atom stereocenters. The van der Waals surface area contributed by atoms with Crippen molar-refractivity contribution in [1.82, 2.24) is 0 Å². The van der Waals surface area contributed by atoms with E-state index in [2.05, 4.69) is 24.6 Å². The van der Waals surface area contributed by atoms with Crippen LogP contribution in [0.1, 0.15) is 12.5 Å². The Balaban J connectivity index is 2.82. The van der Waals surface area contributed by atoms with Crippen LogP contribution in [0.15, 0.2) is 22.4 Å². The molecule has 0 aliphatic heterocycles. The molecule has 0 aliphatic carbocycles. The fraction of sp³-hybridized carbons (Fsp3) is 0.273. The van der Waals surface area contributed by atoms with Crippen molar-refractivity contribution in [2.75, 3.05) is 6.26 Å². The maximum Gasteiger partial charge on any atom is 0.120 e. The molecule has 0 saturated carbocycles. The Kier molecular flexibility index (Phi) is 2.70. The fourth-order valence-electron chi connectivity index (χ4n) is 1.66. The van der Waals surface area contributed by atoms with Gasteiger partial charge in [-0.1, -0.05) is 6.92 Å². The van der Waals surface area contributed by atoms with Crippen LogP contribution in [0.2, 0.25) is 0 Å². The number of thioether (sulfide) groups is 1. The van der Waals surface area contributed by atoms with Crippen LogP contribution in [0.5, 0.6) is 5.75 Å². The Morgan fingerprint density at radius 2 is 2.29 bits per heavy atom. The van der Waals surface area contributed by atoms with Gasteiger partial charge < -0.3 is 5.11 Å². The summed E-state index contributed by atoms with van der Waals surface area (Å²) in [6.45, 7) is 2.08. The van der Waals surface area contributed by atoms with Crippen molar-refractivity contribution in [3.8, 4) is 5.75 Å². The topological polar surface area (TPSA) is 20.2 Å². The lowest BCUT2D eigenvalue weighted by atomic mass is 10.1. The quantitative estimate of drug-likeness (QED) is 0.781. The molecule has 0 atom stereocenters. The standard InChI is InChI=1S/C11H12OS2/c1-3-8-9(12)6-7-4-5-14-10(7)11(8)13-2/h4-6,12H,3H2,1-2H3. The fourth-order valence-corrected chi connectivity index (χ4v) is 3.70. The van der Waals surface area contributed by atoms with Gasteiger partial charge in [0.15, 0.2) is 0 Å². The maximum absolute atomic E-state index is 9.83. The molecule has 0 fully saturated rings. The lowest BCUT2D eigenvalue weighted by Crippen LogP contribution is -1.86. The maximum atomic E-state index is 9.83. The van der Waals surface area contributed by atoms with Crippen LogP contribution in [0, 0.1) is 0 Å². The number of aromatic hydroxyl groups is 1. The van der Waals surface area contributed by atoms with E-state index in [0.29, 0.717) is 5.75 Å². The van der Waals surface area contributed by atoms with E-state index in [4.69, 9.17) is 0 Å². The van der Waals surface area contributed by atoms with Crippen molar-refractivity contribution in [3.63, 3.8) is 0 Å². The highest BCUT2D eigenvalue weighted by Crippen LogP contribution is 2.38. The van der Waals surface area contributed by atoms with Crippen LogP contribution in [-0.2, 0) is 6.42 Å². The summed E-state index contributed by atoms with van der Waals surface area (Å²) in [5, 5.41) is 13.1. The van der Waals surface area contributed by atoms with Gasteiger partial charge in [-0.25, -0.2) is 0 Å². The number of phenolic OH excluding ortho intramolecular Hbond substituents is 1. The molecule has 74 valence electrons. The van der Waals surface area contributed by atoms with E-state index in [1.807, 2.05) is 6.07 Å². The van der Waals surface area contributed by atoms with Gasteiger partial charge in [0.1, 0.15) is 5.75 Å². The van der Waals surface area contributed by atoms with Crippen molar-refractivity contribution >= 4 is 33.2 Å². The summed E-state index contributed by atoms with van der Waals surface area (Å²) in [4.78, 5) is 1.23. The molecule has 0 aliphatic rings. The predicted octanol–water partition coefficient (Wildman–Crippen LogP) is 3.89. The molecule has 3 heteroatoms. The van der Waals surface area contributed by atoms with Crippen LogP contribution in [0.25, 0.3) is 10.1 Å². The molecule has 0 spiro atoms. The predicted molar refractivity (Wildman–Crippen MR) is 64.6 cm³/mol. The second-order valence-corrected chi connectivity index (χ2v) is 4.83. The van der Waals surface area contributed by atoms with Gasteiger partial charge >= 0.3 is 0 Å². The Bertz CT molecular complexity index is 460. The van der Waals surface area contributed by atoms with Gasteiger partial charge in [-0.2, -0.15) is 0 Å². The second kappa shape index (κ2) is 3.83. The highest BCUT2D eigenvalue weighted by atomic mass is 32.2. The van der Waals surface area contributed by atoms with Crippen molar-refractivity contribution < 1.29 is 5.11 Å². The molecule has 1 nitrogen and oxygen atoms in total. The monoisotopic (exact) mass is 224 g/mol. The minimum atomic E-state index is 0.433. The van der Waals surface area contributed by atoms with E-state index in [1.54, 1.807) is 23.1 Å². The molecule has 0 bridgehead atoms. The molecule has 2 aromatic rings. The first-order valence-corrected chi connectivity index (χ1v) is 6.64. The Morgan fingerprint density at radius 3 is 2.93 bits per heavy atom. The number of hydrogen-bond donors (Lipinski definition) is 1. The summed E-state index contributed by atoms with van der Waals surface area (Å²) in [5.74, 6) is 0.433. The average molecular weight is 224 g/mol. The van der Waals surface area contributed by atoms with Crippen LogP contribution >= 0.6 is 23.1 Å². The first-order valence-electron chi connectivity index (χ1n) is 4.54. The van der Waals surface area contributed by atoms with Crippen molar-refractivity contribution in [2.45, 2.75) is 18.2 Å². The number of benzene rings is 1. The van der Waals surface area contributed by atoms with Gasteiger partial charge in [0.25, 0.3) is 0 Å². The van der Waals surface area contributed by atoms with Gasteiger partial charge in [0.05, 0.1) is 0 Å². The zero-order chi connectivity index (χ0) is 10.1. The number of rotatable bonds is 2. The molecule has 14 heavy (non-hydrogen) atoms. The van der Waals surface area contributed by atoms with Crippen molar-refractivity contribution in [2.24, 2.45) is 0 Å². The summed E-state index contributed by atoms with van der Waals surface area (Å²) in [7, 11) is 0. The minimum absolute atomic E-state index is 0.433. The lowest BCUT2D eigenvalue weighted by Gasteiger charge is -2.08. The highest BCUT2D eigenvalue weighted by Gasteiger charge is 2.11. The van der Waals surface area contributed by atoms with Crippen LogP contribution < -0.4 is 0 Å². The molecule has 1 heterocycles. The minimum Gasteiger partial charge on any atom is -0.508 e. The summed E-state index contributed by atoms with van der Waals surface area (Å²) in [6.07, 6.45) is 2.95. The third-order valence-corrected chi connectivity index (χ3v) is 4.27. The van der Waals surface area contributed by atoms with Crippen molar-refractivity contribution in [1.29, 1.82) is 0 Å². The number of phenols is 1. The molecule has 0 saturated heterocycles. The number of hydrogen-bond acceptors (Lipinski definition) is 3. The normalized spacial score (nSPS) is 11.0. The molecule has 1 N–H and O–H groups in total. The Hall–Kier alpha value is -0.670. The average Bonchev–Trinajstić information content (AvgIpc) is 2.62. The third-order valence-electron chi connectivity index (χ3n) is 2.34. The van der Waals surface area contributed by atoms with Gasteiger partial charge in [-0.3, -0.25) is 0 Å². The van der Waals surface area contributed by atoms with E-state index < -0.39 is 0 Å². The molecule has 1 aromatic heterocycles. The largest absolute Gasteiger partial charge is 0.508 e. The molecule has 1 aromatic carbocycles. The van der Waals surface area contributed by atoms with Crippen LogP contribution in [0.4, 0.5) is 0 Å². The second-order valence-electron chi connectivity index (χ2n) is 3.10. The summed E-state index contributed by atoms with van der Waals surface area (Å²) in [5.41, 5.74) is 1.08. The summed E-state index contributed by atoms with van der Waals surface area (Å²) in [6, 6.07) is 3.92. The van der Waals surface area contributed by atoms with Gasteiger partial charge in [0, 0.05) is 15.2 Å². The summed E-state index contributed by atoms with van der Waals surface area (Å²) < 4.78 is 1.30. The first kappa shape index (κ1) is 9.87. The van der Waals surface area contributed by atoms with E-state index in [0.717, 1.165) is 17.4 Å². The van der Waals surface area contributed by atoms with Crippen molar-refractivity contribution in [3.05, 3.63) is 23.1 Å². The summed E-state index contributed by atoms with van der Waals surface area (Å²) >= 11 is 3.46. The molecule has 0 radical (unpaired) electrons. The third kappa shape index (κ3) is 1.41. The lowest BCUT2D eigenvalue weighted by molar-refractivity contribution is 0.468.